The predicted octanol–water partition coefficient (Wildman–Crippen LogP) is 1.61. The summed E-state index contributed by atoms with van der Waals surface area (Å²) >= 11 is 0. The lowest BCUT2D eigenvalue weighted by molar-refractivity contribution is -0.0602. The van der Waals surface area contributed by atoms with Gasteiger partial charge in [0.2, 0.25) is 0 Å². The molecule has 0 spiro atoms. The monoisotopic (exact) mass is 282 g/mol. The largest absolute Gasteiger partial charge is 0.469 e. The van der Waals surface area contributed by atoms with Crippen molar-refractivity contribution < 1.29 is 28.7 Å². The maximum atomic E-state index is 10.8. The van der Waals surface area contributed by atoms with Crippen molar-refractivity contribution in [2.75, 3.05) is 13.2 Å². The number of unbranched alkanes of at least 4 members (excludes halogenated alkanes) is 2. The smallest absolute Gasteiger partial charge is 0.394 e. The minimum atomic E-state index is -4.60. The van der Waals surface area contributed by atoms with Gasteiger partial charge in [0.15, 0.2) is 0 Å². The van der Waals surface area contributed by atoms with Gasteiger partial charge >= 0.3 is 7.82 Å². The first-order valence-corrected chi connectivity index (χ1v) is 7.55. The van der Waals surface area contributed by atoms with Crippen LogP contribution in [0.2, 0.25) is 0 Å². The Labute approximate surface area is 108 Å². The summed E-state index contributed by atoms with van der Waals surface area (Å²) in [4.78, 5) is 17.6. The second-order valence-corrected chi connectivity index (χ2v) is 5.15. The SMILES string of the molecule is C=CCC(OP(=O)(O)O)[C@H](CO)OCCCCC. The molecule has 108 valence electrons. The summed E-state index contributed by atoms with van der Waals surface area (Å²) in [5.41, 5.74) is 0. The van der Waals surface area contributed by atoms with Crippen LogP contribution in [0.15, 0.2) is 12.7 Å². The molecule has 0 saturated heterocycles. The molecule has 0 aliphatic carbocycles. The van der Waals surface area contributed by atoms with Crippen molar-refractivity contribution in [3.8, 4) is 0 Å². The third kappa shape index (κ3) is 8.80. The molecule has 6 nitrogen and oxygen atoms in total. The van der Waals surface area contributed by atoms with E-state index in [1.165, 1.54) is 6.08 Å². The van der Waals surface area contributed by atoms with E-state index >= 15 is 0 Å². The fourth-order valence-electron chi connectivity index (χ4n) is 1.47. The topological polar surface area (TPSA) is 96.2 Å². The Morgan fingerprint density at radius 1 is 1.33 bits per heavy atom. The maximum absolute atomic E-state index is 10.8. The highest BCUT2D eigenvalue weighted by atomic mass is 31.2. The van der Waals surface area contributed by atoms with Crippen LogP contribution in [-0.2, 0) is 13.8 Å². The molecule has 0 aromatic rings. The molecule has 0 aromatic heterocycles. The van der Waals surface area contributed by atoms with Crippen molar-refractivity contribution in [2.45, 2.75) is 44.8 Å². The van der Waals surface area contributed by atoms with Gasteiger partial charge in [0.25, 0.3) is 0 Å². The average Bonchev–Trinajstić information content (AvgIpc) is 2.27. The minimum Gasteiger partial charge on any atom is -0.394 e. The van der Waals surface area contributed by atoms with E-state index in [0.29, 0.717) is 6.61 Å². The van der Waals surface area contributed by atoms with E-state index in [4.69, 9.17) is 14.5 Å². The number of rotatable bonds is 11. The molecule has 0 heterocycles. The first-order chi connectivity index (χ1) is 8.44. The standard InChI is InChI=1S/C11H23O6P/c1-3-5-6-8-16-11(9-12)10(7-4-2)17-18(13,14)15/h4,10-12H,2-3,5-9H2,1H3,(H2,13,14,15)/t10?,11-/m0/s1. The van der Waals surface area contributed by atoms with Crippen molar-refractivity contribution in [3.05, 3.63) is 12.7 Å². The van der Waals surface area contributed by atoms with Gasteiger partial charge < -0.3 is 19.6 Å². The summed E-state index contributed by atoms with van der Waals surface area (Å²) in [6, 6.07) is 0. The Hall–Kier alpha value is -0.230. The first kappa shape index (κ1) is 17.8. The second-order valence-electron chi connectivity index (χ2n) is 3.96. The van der Waals surface area contributed by atoms with E-state index < -0.39 is 20.0 Å². The molecule has 3 N–H and O–H groups in total. The van der Waals surface area contributed by atoms with Gasteiger partial charge in [0, 0.05) is 6.61 Å². The van der Waals surface area contributed by atoms with E-state index in [0.717, 1.165) is 19.3 Å². The molecule has 0 fully saturated rings. The third-order valence-electron chi connectivity index (χ3n) is 2.35. The van der Waals surface area contributed by atoms with Crippen molar-refractivity contribution in [2.24, 2.45) is 0 Å². The molecule has 0 rings (SSSR count). The van der Waals surface area contributed by atoms with Gasteiger partial charge in [0.1, 0.15) is 12.2 Å². The lowest BCUT2D eigenvalue weighted by Crippen LogP contribution is -2.34. The molecule has 18 heavy (non-hydrogen) atoms. The Morgan fingerprint density at radius 3 is 2.44 bits per heavy atom. The van der Waals surface area contributed by atoms with Crippen LogP contribution in [-0.4, -0.2) is 40.3 Å². The van der Waals surface area contributed by atoms with E-state index in [-0.39, 0.29) is 13.0 Å². The van der Waals surface area contributed by atoms with E-state index in [1.807, 2.05) is 0 Å². The number of phosphoric ester groups is 1. The van der Waals surface area contributed by atoms with Crippen LogP contribution in [0.5, 0.6) is 0 Å². The van der Waals surface area contributed by atoms with Crippen LogP contribution in [0.3, 0.4) is 0 Å². The number of aliphatic hydroxyl groups is 1. The molecule has 1 unspecified atom stereocenters. The Kier molecular flexibility index (Phi) is 9.54. The first-order valence-electron chi connectivity index (χ1n) is 6.01. The van der Waals surface area contributed by atoms with Crippen LogP contribution in [0.25, 0.3) is 0 Å². The Balaban J connectivity index is 4.32. The van der Waals surface area contributed by atoms with E-state index in [1.54, 1.807) is 0 Å². The van der Waals surface area contributed by atoms with Gasteiger partial charge in [-0.2, -0.15) is 0 Å². The summed E-state index contributed by atoms with van der Waals surface area (Å²) in [5.74, 6) is 0. The molecule has 0 aliphatic heterocycles. The highest BCUT2D eigenvalue weighted by Gasteiger charge is 2.28. The normalized spacial score (nSPS) is 15.3. The van der Waals surface area contributed by atoms with Gasteiger partial charge in [-0.25, -0.2) is 4.57 Å². The molecule has 0 amide bonds. The van der Waals surface area contributed by atoms with Crippen molar-refractivity contribution in [1.29, 1.82) is 0 Å². The summed E-state index contributed by atoms with van der Waals surface area (Å²) < 4.78 is 20.8. The van der Waals surface area contributed by atoms with Crippen molar-refractivity contribution in [3.63, 3.8) is 0 Å². The highest BCUT2D eigenvalue weighted by Crippen LogP contribution is 2.39. The molecule has 0 radical (unpaired) electrons. The molecule has 0 aliphatic rings. The lowest BCUT2D eigenvalue weighted by atomic mass is 10.1. The summed E-state index contributed by atoms with van der Waals surface area (Å²) in [6.07, 6.45) is 2.90. The third-order valence-corrected chi connectivity index (χ3v) is 2.89. The summed E-state index contributed by atoms with van der Waals surface area (Å²) in [6.45, 7) is 5.61. The molecule has 7 heteroatoms. The van der Waals surface area contributed by atoms with Crippen LogP contribution >= 0.6 is 7.82 Å². The molecule has 2 atom stereocenters. The van der Waals surface area contributed by atoms with E-state index in [2.05, 4.69) is 18.0 Å². The maximum Gasteiger partial charge on any atom is 0.469 e. The number of hydrogen-bond donors (Lipinski definition) is 3. The van der Waals surface area contributed by atoms with Crippen LogP contribution in [0.4, 0.5) is 0 Å². The van der Waals surface area contributed by atoms with Crippen molar-refractivity contribution >= 4 is 7.82 Å². The zero-order valence-corrected chi connectivity index (χ0v) is 11.6. The van der Waals surface area contributed by atoms with Gasteiger partial charge in [0.05, 0.1) is 6.61 Å². The molecule has 0 bridgehead atoms. The second kappa shape index (κ2) is 9.67. The van der Waals surface area contributed by atoms with Crippen LogP contribution in [0.1, 0.15) is 32.6 Å². The van der Waals surface area contributed by atoms with Gasteiger partial charge in [-0.05, 0) is 12.8 Å². The molecular weight excluding hydrogens is 259 g/mol. The average molecular weight is 282 g/mol. The summed E-state index contributed by atoms with van der Waals surface area (Å²) in [7, 11) is -4.60. The lowest BCUT2D eigenvalue weighted by Gasteiger charge is -2.25. The van der Waals surface area contributed by atoms with E-state index in [9.17, 15) is 9.67 Å². The Bertz CT molecular complexity index is 264. The molecular formula is C11H23O6P. The van der Waals surface area contributed by atoms with Crippen molar-refractivity contribution in [1.82, 2.24) is 0 Å². The Morgan fingerprint density at radius 2 is 2.00 bits per heavy atom. The fourth-order valence-corrected chi connectivity index (χ4v) is 2.04. The quantitative estimate of drug-likeness (QED) is 0.303. The van der Waals surface area contributed by atoms with Crippen LogP contribution in [0, 0.1) is 0 Å². The number of phosphoric acid groups is 1. The van der Waals surface area contributed by atoms with Crippen LogP contribution < -0.4 is 0 Å². The molecule has 0 aromatic carbocycles. The van der Waals surface area contributed by atoms with Gasteiger partial charge in [-0.15, -0.1) is 6.58 Å². The number of hydrogen-bond acceptors (Lipinski definition) is 4. The zero-order valence-electron chi connectivity index (χ0n) is 10.7. The molecule has 0 saturated carbocycles. The summed E-state index contributed by atoms with van der Waals surface area (Å²) in [5, 5.41) is 9.18. The number of ether oxygens (including phenoxy) is 1. The minimum absolute atomic E-state index is 0.199. The predicted molar refractivity (Wildman–Crippen MR) is 68.1 cm³/mol. The van der Waals surface area contributed by atoms with Gasteiger partial charge in [-0.1, -0.05) is 25.8 Å². The zero-order chi connectivity index (χ0) is 14.0. The number of aliphatic hydroxyl groups excluding tert-OH is 1. The fraction of sp³-hybridized carbons (Fsp3) is 0.818. The van der Waals surface area contributed by atoms with Gasteiger partial charge in [-0.3, -0.25) is 4.52 Å². The highest BCUT2D eigenvalue weighted by molar-refractivity contribution is 7.46.